The number of benzene rings is 2. The molecule has 0 bridgehead atoms. The highest BCUT2D eigenvalue weighted by Crippen LogP contribution is 2.35. The minimum atomic E-state index is -0.191. The van der Waals surface area contributed by atoms with Gasteiger partial charge in [0.15, 0.2) is 5.82 Å². The molecule has 1 aliphatic heterocycles. The molecule has 2 aromatic carbocycles. The summed E-state index contributed by atoms with van der Waals surface area (Å²) in [6, 6.07) is 18.6. The van der Waals surface area contributed by atoms with Crippen molar-refractivity contribution in [3.8, 4) is 0 Å². The molecule has 3 heterocycles. The molecule has 36 heavy (non-hydrogen) atoms. The molecule has 2 aliphatic rings. The van der Waals surface area contributed by atoms with Crippen LogP contribution in [-0.2, 0) is 26.1 Å². The lowest BCUT2D eigenvalue weighted by Crippen LogP contribution is -2.35. The number of aromatic nitrogens is 2. The number of fused-ring (bicyclic) bond motifs is 2. The third-order valence-corrected chi connectivity index (χ3v) is 7.99. The Kier molecular flexibility index (Phi) is 7.05. The highest BCUT2D eigenvalue weighted by atomic mass is 35.5. The predicted octanol–water partition coefficient (Wildman–Crippen LogP) is 6.47. The molecule has 4 nitrogen and oxygen atoms in total. The van der Waals surface area contributed by atoms with Gasteiger partial charge in [-0.05, 0) is 73.6 Å². The van der Waals surface area contributed by atoms with E-state index in [-0.39, 0.29) is 18.2 Å². The Hall–Kier alpha value is -2.89. The average molecular weight is 505 g/mol. The van der Waals surface area contributed by atoms with Gasteiger partial charge < -0.3 is 14.8 Å². The van der Waals surface area contributed by atoms with Crippen LogP contribution in [0.2, 0.25) is 0 Å². The molecular formula is C30H34ClFN4. The molecule has 0 atom stereocenters. The maximum Gasteiger partial charge on any atom is 0.153 e. The molecule has 0 spiro atoms. The highest BCUT2D eigenvalue weighted by molar-refractivity contribution is 5.94. The quantitative estimate of drug-likeness (QED) is 0.327. The molecule has 2 aromatic heterocycles. The third-order valence-electron chi connectivity index (χ3n) is 7.99. The van der Waals surface area contributed by atoms with Crippen molar-refractivity contribution >= 4 is 29.1 Å². The summed E-state index contributed by atoms with van der Waals surface area (Å²) >= 11 is 0. The Morgan fingerprint density at radius 1 is 1.03 bits per heavy atom. The van der Waals surface area contributed by atoms with E-state index in [1.165, 1.54) is 53.1 Å². The first kappa shape index (κ1) is 24.8. The Labute approximate surface area is 218 Å². The van der Waals surface area contributed by atoms with Gasteiger partial charge in [-0.1, -0.05) is 42.8 Å². The van der Waals surface area contributed by atoms with Crippen LogP contribution in [-0.4, -0.2) is 22.1 Å². The smallest absolute Gasteiger partial charge is 0.153 e. The fourth-order valence-corrected chi connectivity index (χ4v) is 5.56. The maximum atomic E-state index is 14.0. The minimum Gasteiger partial charge on any atom is -0.350 e. The number of halogens is 2. The molecule has 1 N–H and O–H groups in total. The maximum absolute atomic E-state index is 14.0. The molecule has 188 valence electrons. The van der Waals surface area contributed by atoms with E-state index < -0.39 is 0 Å². The topological polar surface area (TPSA) is 33.1 Å². The monoisotopic (exact) mass is 504 g/mol. The van der Waals surface area contributed by atoms with Crippen molar-refractivity contribution in [3.05, 3.63) is 94.1 Å². The fourth-order valence-electron chi connectivity index (χ4n) is 5.56. The van der Waals surface area contributed by atoms with E-state index in [4.69, 9.17) is 4.98 Å². The van der Waals surface area contributed by atoms with E-state index in [2.05, 4.69) is 59.0 Å². The van der Waals surface area contributed by atoms with Gasteiger partial charge >= 0.3 is 0 Å². The number of hydrogen-bond donors (Lipinski definition) is 1. The molecule has 4 aromatic rings. The highest BCUT2D eigenvalue weighted by Gasteiger charge is 2.25. The van der Waals surface area contributed by atoms with Crippen LogP contribution in [0.15, 0.2) is 54.6 Å². The number of hydrogen-bond acceptors (Lipinski definition) is 3. The Morgan fingerprint density at radius 2 is 1.83 bits per heavy atom. The van der Waals surface area contributed by atoms with Crippen LogP contribution in [0.5, 0.6) is 0 Å². The van der Waals surface area contributed by atoms with Gasteiger partial charge in [0.2, 0.25) is 0 Å². The summed E-state index contributed by atoms with van der Waals surface area (Å²) in [4.78, 5) is 7.71. The van der Waals surface area contributed by atoms with Crippen LogP contribution >= 0.6 is 12.4 Å². The predicted molar refractivity (Wildman–Crippen MR) is 148 cm³/mol. The van der Waals surface area contributed by atoms with E-state index >= 15 is 0 Å². The molecular weight excluding hydrogens is 471 g/mol. The number of aryl methyl sites for hydroxylation is 1. The molecule has 0 radical (unpaired) electrons. The zero-order valence-corrected chi connectivity index (χ0v) is 21.9. The number of pyridine rings is 1. The van der Waals surface area contributed by atoms with E-state index in [0.29, 0.717) is 12.6 Å². The number of nitrogens with zero attached hydrogens (tertiary/aromatic N) is 3. The fraction of sp³-hybridized carbons (Fsp3) is 0.367. The van der Waals surface area contributed by atoms with Crippen molar-refractivity contribution in [2.45, 2.75) is 65.2 Å². The third kappa shape index (κ3) is 4.62. The van der Waals surface area contributed by atoms with Crippen molar-refractivity contribution < 1.29 is 4.39 Å². The summed E-state index contributed by atoms with van der Waals surface area (Å²) in [5.74, 6) is 0.860. The van der Waals surface area contributed by atoms with Gasteiger partial charge in [-0.15, -0.1) is 12.4 Å². The van der Waals surface area contributed by atoms with Crippen LogP contribution in [0.1, 0.15) is 52.9 Å². The standard InChI is InChI=1S/C30H33FN4.ClH/c1-20-21(2)35(18-22-7-5-10-25(31)15-22)29-28(20)16-27(17-32-26-11-6-12-26)33-30(29)34-14-13-23-8-3-4-9-24(23)19-34;/h3-5,7-10,15-16,26,32H,6,11-14,17-19H2,1-2H3;1H. The molecule has 1 saturated carbocycles. The van der Waals surface area contributed by atoms with Crippen LogP contribution in [0.3, 0.4) is 0 Å². The first-order valence-corrected chi connectivity index (χ1v) is 12.9. The summed E-state index contributed by atoms with van der Waals surface area (Å²) in [6.45, 7) is 7.62. The molecule has 1 aliphatic carbocycles. The SMILES string of the molecule is Cc1c(C)n(Cc2cccc(F)c2)c2c(N3CCc4ccccc4C3)nc(CNC3CCC3)cc12.Cl. The minimum absolute atomic E-state index is 0. The van der Waals surface area contributed by atoms with Gasteiger partial charge in [0.1, 0.15) is 5.82 Å². The molecule has 6 heteroatoms. The van der Waals surface area contributed by atoms with Crippen molar-refractivity contribution in [1.29, 1.82) is 0 Å². The zero-order valence-electron chi connectivity index (χ0n) is 21.1. The van der Waals surface area contributed by atoms with E-state index in [1.54, 1.807) is 12.1 Å². The second-order valence-corrected chi connectivity index (χ2v) is 10.2. The lowest BCUT2D eigenvalue weighted by molar-refractivity contribution is 0.337. The Morgan fingerprint density at radius 3 is 2.58 bits per heavy atom. The van der Waals surface area contributed by atoms with Gasteiger partial charge in [0, 0.05) is 43.3 Å². The van der Waals surface area contributed by atoms with Crippen LogP contribution in [0, 0.1) is 19.7 Å². The summed E-state index contributed by atoms with van der Waals surface area (Å²) in [6.07, 6.45) is 4.87. The van der Waals surface area contributed by atoms with Crippen molar-refractivity contribution in [1.82, 2.24) is 14.9 Å². The Bertz CT molecular complexity index is 1390. The second kappa shape index (κ2) is 10.2. The summed E-state index contributed by atoms with van der Waals surface area (Å²) in [7, 11) is 0. The van der Waals surface area contributed by atoms with Gasteiger partial charge in [0.25, 0.3) is 0 Å². The van der Waals surface area contributed by atoms with Crippen LogP contribution in [0.25, 0.3) is 10.9 Å². The van der Waals surface area contributed by atoms with Crippen LogP contribution < -0.4 is 10.2 Å². The first-order valence-electron chi connectivity index (χ1n) is 12.9. The Balaban J connectivity index is 0.00000267. The van der Waals surface area contributed by atoms with Gasteiger partial charge in [-0.25, -0.2) is 9.37 Å². The normalized spacial score (nSPS) is 15.5. The van der Waals surface area contributed by atoms with Crippen molar-refractivity contribution in [3.63, 3.8) is 0 Å². The van der Waals surface area contributed by atoms with Gasteiger partial charge in [-0.3, -0.25) is 0 Å². The molecule has 6 rings (SSSR count). The zero-order chi connectivity index (χ0) is 23.9. The lowest BCUT2D eigenvalue weighted by Gasteiger charge is -2.31. The largest absolute Gasteiger partial charge is 0.350 e. The van der Waals surface area contributed by atoms with Crippen molar-refractivity contribution in [2.75, 3.05) is 11.4 Å². The second-order valence-electron chi connectivity index (χ2n) is 10.2. The molecule has 1 fully saturated rings. The van der Waals surface area contributed by atoms with E-state index in [9.17, 15) is 4.39 Å². The molecule has 0 amide bonds. The van der Waals surface area contributed by atoms with Gasteiger partial charge in [-0.2, -0.15) is 0 Å². The lowest BCUT2D eigenvalue weighted by atomic mass is 9.93. The van der Waals surface area contributed by atoms with Gasteiger partial charge in [0.05, 0.1) is 11.2 Å². The van der Waals surface area contributed by atoms with Crippen LogP contribution in [0.4, 0.5) is 10.2 Å². The summed E-state index contributed by atoms with van der Waals surface area (Å²) < 4.78 is 16.3. The molecule has 0 saturated heterocycles. The average Bonchev–Trinajstić information content (AvgIpc) is 3.07. The molecule has 0 unspecified atom stereocenters. The number of rotatable bonds is 6. The number of anilines is 1. The summed E-state index contributed by atoms with van der Waals surface area (Å²) in [5, 5.41) is 4.96. The first-order chi connectivity index (χ1) is 17.1. The summed E-state index contributed by atoms with van der Waals surface area (Å²) in [5.41, 5.74) is 8.54. The van der Waals surface area contributed by atoms with E-state index in [0.717, 1.165) is 48.6 Å². The van der Waals surface area contributed by atoms with Crippen molar-refractivity contribution in [2.24, 2.45) is 0 Å². The van der Waals surface area contributed by atoms with E-state index in [1.807, 2.05) is 6.07 Å². The number of nitrogens with one attached hydrogen (secondary N) is 1.